The molecule has 0 heterocycles. The molecule has 1 unspecified atom stereocenters. The molecule has 20 heavy (non-hydrogen) atoms. The van der Waals surface area contributed by atoms with Crippen LogP contribution in [0.3, 0.4) is 0 Å². The largest absolute Gasteiger partial charge is 0.497 e. The van der Waals surface area contributed by atoms with Crippen molar-refractivity contribution in [2.45, 2.75) is 11.8 Å². The molecule has 0 amide bonds. The van der Waals surface area contributed by atoms with E-state index in [2.05, 4.69) is 28.1 Å². The highest BCUT2D eigenvalue weighted by atomic mass is 79.9. The Morgan fingerprint density at radius 2 is 1.75 bits per heavy atom. The second-order valence-electron chi connectivity index (χ2n) is 4.41. The fraction of sp³-hybridized carbons (Fsp3) is 0.250. The lowest BCUT2D eigenvalue weighted by atomic mass is 10.0. The lowest BCUT2D eigenvalue weighted by Gasteiger charge is -2.15. The summed E-state index contributed by atoms with van der Waals surface area (Å²) in [6, 6.07) is 13.8. The summed E-state index contributed by atoms with van der Waals surface area (Å²) < 4.78 is 11.7. The van der Waals surface area contributed by atoms with Crippen LogP contribution in [0, 0.1) is 0 Å². The Kier molecular flexibility index (Phi) is 5.32. The summed E-state index contributed by atoms with van der Waals surface area (Å²) in [5, 5.41) is -0.166. The van der Waals surface area contributed by atoms with Gasteiger partial charge in [0.1, 0.15) is 11.5 Å². The van der Waals surface area contributed by atoms with E-state index in [1.165, 1.54) is 5.56 Å². The first-order valence-corrected chi connectivity index (χ1v) is 7.47. The van der Waals surface area contributed by atoms with Crippen LogP contribution >= 0.6 is 27.5 Å². The number of rotatable bonds is 5. The highest BCUT2D eigenvalue weighted by Crippen LogP contribution is 2.35. The monoisotopic (exact) mass is 354 g/mol. The third-order valence-corrected chi connectivity index (χ3v) is 4.02. The van der Waals surface area contributed by atoms with Crippen molar-refractivity contribution >= 4 is 27.5 Å². The molecule has 2 rings (SSSR count). The number of hydrogen-bond donors (Lipinski definition) is 0. The molecule has 0 aliphatic rings. The maximum atomic E-state index is 6.55. The van der Waals surface area contributed by atoms with Crippen LogP contribution in [0.1, 0.15) is 16.5 Å². The molecule has 1 atom stereocenters. The van der Waals surface area contributed by atoms with E-state index >= 15 is 0 Å². The fourth-order valence-corrected chi connectivity index (χ4v) is 2.63. The van der Waals surface area contributed by atoms with Crippen LogP contribution in [-0.4, -0.2) is 14.2 Å². The molecule has 2 aromatic carbocycles. The molecule has 0 aliphatic carbocycles. The van der Waals surface area contributed by atoms with E-state index in [-0.39, 0.29) is 5.38 Å². The third-order valence-electron chi connectivity index (χ3n) is 3.10. The number of methoxy groups -OCH3 is 2. The Hall–Kier alpha value is -1.19. The summed E-state index contributed by atoms with van der Waals surface area (Å²) in [7, 11) is 3.29. The number of alkyl halides is 1. The molecule has 0 spiro atoms. The second-order valence-corrected chi connectivity index (χ2v) is 5.85. The van der Waals surface area contributed by atoms with Gasteiger partial charge in [-0.05, 0) is 42.3 Å². The predicted molar refractivity (Wildman–Crippen MR) is 86.0 cm³/mol. The molecular formula is C16H16BrClO2. The van der Waals surface area contributed by atoms with E-state index < -0.39 is 0 Å². The van der Waals surface area contributed by atoms with Crippen LogP contribution in [0.5, 0.6) is 11.5 Å². The second kappa shape index (κ2) is 7.00. The van der Waals surface area contributed by atoms with Gasteiger partial charge in [0.05, 0.1) is 19.6 Å². The molecular weight excluding hydrogens is 340 g/mol. The zero-order valence-corrected chi connectivity index (χ0v) is 13.7. The van der Waals surface area contributed by atoms with E-state index in [1.54, 1.807) is 14.2 Å². The predicted octanol–water partition coefficient (Wildman–Crippen LogP) is 4.99. The molecule has 0 aliphatic heterocycles. The van der Waals surface area contributed by atoms with E-state index in [0.717, 1.165) is 28.0 Å². The maximum absolute atomic E-state index is 6.55. The van der Waals surface area contributed by atoms with Crippen molar-refractivity contribution in [3.8, 4) is 11.5 Å². The van der Waals surface area contributed by atoms with Gasteiger partial charge in [-0.2, -0.15) is 0 Å². The number of hydrogen-bond acceptors (Lipinski definition) is 2. The Morgan fingerprint density at radius 1 is 1.05 bits per heavy atom. The van der Waals surface area contributed by atoms with Gasteiger partial charge in [-0.1, -0.05) is 28.1 Å². The molecule has 0 bridgehead atoms. The number of ether oxygens (including phenoxy) is 2. The maximum Gasteiger partial charge on any atom is 0.123 e. The molecule has 2 aromatic rings. The Bertz CT molecular complexity index is 569. The number of benzene rings is 2. The minimum absolute atomic E-state index is 0.166. The van der Waals surface area contributed by atoms with Gasteiger partial charge in [0.25, 0.3) is 0 Å². The Balaban J connectivity index is 2.23. The van der Waals surface area contributed by atoms with Crippen molar-refractivity contribution in [3.05, 3.63) is 58.1 Å². The van der Waals surface area contributed by atoms with Crippen LogP contribution in [0.15, 0.2) is 46.9 Å². The van der Waals surface area contributed by atoms with Crippen molar-refractivity contribution in [1.82, 2.24) is 0 Å². The van der Waals surface area contributed by atoms with E-state index in [4.69, 9.17) is 21.1 Å². The van der Waals surface area contributed by atoms with Crippen LogP contribution in [-0.2, 0) is 6.42 Å². The minimum atomic E-state index is -0.166. The standard InChI is InChI=1S/C16H16BrClO2/c1-19-13-7-8-16(20-2)14(10-13)15(18)9-11-3-5-12(17)6-4-11/h3-8,10,15H,9H2,1-2H3. The van der Waals surface area contributed by atoms with Gasteiger partial charge in [-0.15, -0.1) is 11.6 Å². The molecule has 0 saturated heterocycles. The molecule has 4 heteroatoms. The van der Waals surface area contributed by atoms with Crippen LogP contribution in [0.25, 0.3) is 0 Å². The van der Waals surface area contributed by atoms with Crippen LogP contribution in [0.2, 0.25) is 0 Å². The average Bonchev–Trinajstić information content (AvgIpc) is 2.48. The summed E-state index contributed by atoms with van der Waals surface area (Å²) in [6.07, 6.45) is 0.734. The first kappa shape index (κ1) is 15.2. The van der Waals surface area contributed by atoms with Crippen LogP contribution < -0.4 is 9.47 Å². The smallest absolute Gasteiger partial charge is 0.123 e. The molecule has 0 radical (unpaired) electrons. The SMILES string of the molecule is COc1ccc(OC)c(C(Cl)Cc2ccc(Br)cc2)c1. The van der Waals surface area contributed by atoms with Crippen molar-refractivity contribution in [3.63, 3.8) is 0 Å². The molecule has 106 valence electrons. The van der Waals surface area contributed by atoms with Crippen molar-refractivity contribution in [2.75, 3.05) is 14.2 Å². The molecule has 0 saturated carbocycles. The third kappa shape index (κ3) is 3.68. The summed E-state index contributed by atoms with van der Waals surface area (Å²) in [6.45, 7) is 0. The summed E-state index contributed by atoms with van der Waals surface area (Å²) in [5.74, 6) is 1.56. The van der Waals surface area contributed by atoms with Crippen LogP contribution in [0.4, 0.5) is 0 Å². The molecule has 0 N–H and O–H groups in total. The van der Waals surface area contributed by atoms with E-state index in [1.807, 2.05) is 30.3 Å². The minimum Gasteiger partial charge on any atom is -0.497 e. The average molecular weight is 356 g/mol. The molecule has 2 nitrogen and oxygen atoms in total. The highest BCUT2D eigenvalue weighted by molar-refractivity contribution is 9.10. The number of halogens is 2. The Morgan fingerprint density at radius 3 is 2.35 bits per heavy atom. The van der Waals surface area contributed by atoms with Crippen molar-refractivity contribution in [2.24, 2.45) is 0 Å². The first-order valence-electron chi connectivity index (χ1n) is 6.24. The Labute approximate surface area is 132 Å². The van der Waals surface area contributed by atoms with Gasteiger partial charge in [0.15, 0.2) is 0 Å². The van der Waals surface area contributed by atoms with Crippen molar-refractivity contribution < 1.29 is 9.47 Å². The first-order chi connectivity index (χ1) is 9.63. The van der Waals surface area contributed by atoms with Gasteiger partial charge in [0, 0.05) is 10.0 Å². The lowest BCUT2D eigenvalue weighted by molar-refractivity contribution is 0.398. The summed E-state index contributed by atoms with van der Waals surface area (Å²) in [5.41, 5.74) is 2.12. The zero-order chi connectivity index (χ0) is 14.5. The molecule has 0 fully saturated rings. The van der Waals surface area contributed by atoms with Crippen molar-refractivity contribution in [1.29, 1.82) is 0 Å². The normalized spacial score (nSPS) is 12.0. The van der Waals surface area contributed by atoms with E-state index in [9.17, 15) is 0 Å². The zero-order valence-electron chi connectivity index (χ0n) is 11.4. The molecule has 0 aromatic heterocycles. The lowest BCUT2D eigenvalue weighted by Crippen LogP contribution is -2.00. The summed E-state index contributed by atoms with van der Waals surface area (Å²) in [4.78, 5) is 0. The van der Waals surface area contributed by atoms with Gasteiger partial charge < -0.3 is 9.47 Å². The van der Waals surface area contributed by atoms with E-state index in [0.29, 0.717) is 0 Å². The fourth-order valence-electron chi connectivity index (χ4n) is 2.02. The van der Waals surface area contributed by atoms with Gasteiger partial charge >= 0.3 is 0 Å². The topological polar surface area (TPSA) is 18.5 Å². The van der Waals surface area contributed by atoms with Gasteiger partial charge in [0.2, 0.25) is 0 Å². The van der Waals surface area contributed by atoms with Gasteiger partial charge in [-0.25, -0.2) is 0 Å². The highest BCUT2D eigenvalue weighted by Gasteiger charge is 2.15. The van der Waals surface area contributed by atoms with Gasteiger partial charge in [-0.3, -0.25) is 0 Å². The quantitative estimate of drug-likeness (QED) is 0.704. The summed E-state index contributed by atoms with van der Waals surface area (Å²) >= 11 is 9.97.